The SMILES string of the molecule is CCC(C)(CCO)NC(=O)c1ccc2cc(Br)ccc2c1. The molecule has 0 spiro atoms. The molecule has 0 radical (unpaired) electrons. The molecule has 0 aliphatic carbocycles. The van der Waals surface area contributed by atoms with Gasteiger partial charge in [-0.15, -0.1) is 0 Å². The number of carbonyl (C=O) groups excluding carboxylic acids is 1. The zero-order valence-corrected chi connectivity index (χ0v) is 13.9. The molecule has 0 aliphatic rings. The van der Waals surface area contributed by atoms with Crippen LogP contribution in [0.2, 0.25) is 0 Å². The van der Waals surface area contributed by atoms with Gasteiger partial charge in [0, 0.05) is 22.2 Å². The summed E-state index contributed by atoms with van der Waals surface area (Å²) in [5.41, 5.74) is 0.267. The van der Waals surface area contributed by atoms with Crippen LogP contribution in [0.25, 0.3) is 10.8 Å². The number of benzene rings is 2. The molecule has 3 nitrogen and oxygen atoms in total. The first kappa shape index (κ1) is 16.0. The minimum Gasteiger partial charge on any atom is -0.396 e. The van der Waals surface area contributed by atoms with Gasteiger partial charge in [-0.2, -0.15) is 0 Å². The second-order valence-corrected chi connectivity index (χ2v) is 6.46. The Hall–Kier alpha value is -1.39. The minimum atomic E-state index is -0.374. The topological polar surface area (TPSA) is 49.3 Å². The predicted octanol–water partition coefficient (Wildman–Crippen LogP) is 3.88. The van der Waals surface area contributed by atoms with Crippen LogP contribution in [0.1, 0.15) is 37.0 Å². The van der Waals surface area contributed by atoms with Gasteiger partial charge in [-0.25, -0.2) is 0 Å². The molecule has 1 atom stereocenters. The van der Waals surface area contributed by atoms with Gasteiger partial charge in [0.25, 0.3) is 5.91 Å². The van der Waals surface area contributed by atoms with Crippen molar-refractivity contribution in [3.05, 3.63) is 46.4 Å². The van der Waals surface area contributed by atoms with Gasteiger partial charge in [-0.3, -0.25) is 4.79 Å². The summed E-state index contributed by atoms with van der Waals surface area (Å²) in [7, 11) is 0. The lowest BCUT2D eigenvalue weighted by Gasteiger charge is -2.29. The van der Waals surface area contributed by atoms with E-state index in [0.29, 0.717) is 12.0 Å². The minimum absolute atomic E-state index is 0.0658. The molecular weight excluding hydrogens is 330 g/mol. The zero-order valence-electron chi connectivity index (χ0n) is 12.3. The van der Waals surface area contributed by atoms with E-state index in [1.807, 2.05) is 50.2 Å². The predicted molar refractivity (Wildman–Crippen MR) is 89.5 cm³/mol. The Kier molecular flexibility index (Phi) is 5.01. The Bertz CT molecular complexity index is 656. The van der Waals surface area contributed by atoms with Gasteiger partial charge in [0.05, 0.1) is 0 Å². The third-order valence-electron chi connectivity index (χ3n) is 3.92. The van der Waals surface area contributed by atoms with E-state index >= 15 is 0 Å². The van der Waals surface area contributed by atoms with Gasteiger partial charge in [-0.1, -0.05) is 35.0 Å². The fourth-order valence-electron chi connectivity index (χ4n) is 2.28. The lowest BCUT2D eigenvalue weighted by atomic mass is 9.94. The molecule has 0 fully saturated rings. The third kappa shape index (κ3) is 3.83. The van der Waals surface area contributed by atoms with Crippen LogP contribution in [0.3, 0.4) is 0 Å². The van der Waals surface area contributed by atoms with Crippen molar-refractivity contribution in [1.29, 1.82) is 0 Å². The molecular formula is C17H20BrNO2. The maximum atomic E-state index is 12.4. The summed E-state index contributed by atoms with van der Waals surface area (Å²) in [5, 5.41) is 14.3. The number of nitrogens with one attached hydrogen (secondary N) is 1. The molecule has 1 unspecified atom stereocenters. The first-order valence-electron chi connectivity index (χ1n) is 7.10. The van der Waals surface area contributed by atoms with Gasteiger partial charge in [0.1, 0.15) is 0 Å². The number of aliphatic hydroxyl groups excluding tert-OH is 1. The van der Waals surface area contributed by atoms with Gasteiger partial charge < -0.3 is 10.4 Å². The summed E-state index contributed by atoms with van der Waals surface area (Å²) >= 11 is 3.44. The summed E-state index contributed by atoms with van der Waals surface area (Å²) in [5.74, 6) is -0.0994. The normalized spacial score (nSPS) is 13.9. The highest BCUT2D eigenvalue weighted by Gasteiger charge is 2.24. The molecule has 2 rings (SSSR count). The summed E-state index contributed by atoms with van der Waals surface area (Å²) in [6.45, 7) is 4.03. The molecule has 2 aromatic carbocycles. The van der Waals surface area contributed by atoms with E-state index in [1.165, 1.54) is 0 Å². The van der Waals surface area contributed by atoms with E-state index in [4.69, 9.17) is 5.11 Å². The second kappa shape index (κ2) is 6.58. The number of amides is 1. The Balaban J connectivity index is 2.25. The number of hydrogen-bond acceptors (Lipinski definition) is 2. The molecule has 0 aromatic heterocycles. The first-order valence-corrected chi connectivity index (χ1v) is 7.89. The smallest absolute Gasteiger partial charge is 0.251 e. The maximum absolute atomic E-state index is 12.4. The van der Waals surface area contributed by atoms with E-state index < -0.39 is 0 Å². The van der Waals surface area contributed by atoms with Crippen molar-refractivity contribution in [2.24, 2.45) is 0 Å². The zero-order chi connectivity index (χ0) is 15.5. The Labute approximate surface area is 133 Å². The standard InChI is InChI=1S/C17H20BrNO2/c1-3-17(2,8-9-20)19-16(21)14-5-4-13-11-15(18)7-6-12(13)10-14/h4-7,10-11,20H,3,8-9H2,1-2H3,(H,19,21). The highest BCUT2D eigenvalue weighted by Crippen LogP contribution is 2.22. The Morgan fingerprint density at radius 2 is 1.90 bits per heavy atom. The lowest BCUT2D eigenvalue weighted by Crippen LogP contribution is -2.46. The highest BCUT2D eigenvalue weighted by atomic mass is 79.9. The van der Waals surface area contributed by atoms with E-state index in [-0.39, 0.29) is 18.1 Å². The van der Waals surface area contributed by atoms with Crippen LogP contribution in [0, 0.1) is 0 Å². The number of hydrogen-bond donors (Lipinski definition) is 2. The quantitative estimate of drug-likeness (QED) is 0.860. The van der Waals surface area contributed by atoms with Crippen molar-refractivity contribution in [3.8, 4) is 0 Å². The molecule has 0 saturated carbocycles. The van der Waals surface area contributed by atoms with Crippen LogP contribution in [-0.2, 0) is 0 Å². The van der Waals surface area contributed by atoms with Crippen molar-refractivity contribution in [1.82, 2.24) is 5.32 Å². The van der Waals surface area contributed by atoms with Crippen molar-refractivity contribution < 1.29 is 9.90 Å². The highest BCUT2D eigenvalue weighted by molar-refractivity contribution is 9.10. The van der Waals surface area contributed by atoms with Crippen molar-refractivity contribution in [2.45, 2.75) is 32.2 Å². The number of carbonyl (C=O) groups is 1. The van der Waals surface area contributed by atoms with Crippen LogP contribution >= 0.6 is 15.9 Å². The van der Waals surface area contributed by atoms with Gasteiger partial charge in [0.2, 0.25) is 0 Å². The molecule has 2 aromatic rings. The number of halogens is 1. The van der Waals surface area contributed by atoms with E-state index in [2.05, 4.69) is 21.2 Å². The third-order valence-corrected chi connectivity index (χ3v) is 4.42. The van der Waals surface area contributed by atoms with E-state index in [0.717, 1.165) is 21.7 Å². The maximum Gasteiger partial charge on any atom is 0.251 e. The summed E-state index contributed by atoms with van der Waals surface area (Å²) in [4.78, 5) is 12.4. The molecule has 1 amide bonds. The number of rotatable bonds is 5. The lowest BCUT2D eigenvalue weighted by molar-refractivity contribution is 0.0886. The van der Waals surface area contributed by atoms with Crippen molar-refractivity contribution in [2.75, 3.05) is 6.61 Å². The van der Waals surface area contributed by atoms with E-state index in [1.54, 1.807) is 0 Å². The Morgan fingerprint density at radius 1 is 1.24 bits per heavy atom. The molecule has 2 N–H and O–H groups in total. The first-order chi connectivity index (χ1) is 9.97. The summed E-state index contributed by atoms with van der Waals surface area (Å²) in [6, 6.07) is 11.7. The van der Waals surface area contributed by atoms with Crippen molar-refractivity contribution >= 4 is 32.6 Å². The van der Waals surface area contributed by atoms with Crippen LogP contribution in [0.5, 0.6) is 0 Å². The molecule has 0 saturated heterocycles. The van der Waals surface area contributed by atoms with Gasteiger partial charge in [0.15, 0.2) is 0 Å². The van der Waals surface area contributed by atoms with Crippen LogP contribution in [-0.4, -0.2) is 23.2 Å². The van der Waals surface area contributed by atoms with Gasteiger partial charge >= 0.3 is 0 Å². The summed E-state index contributed by atoms with van der Waals surface area (Å²) in [6.07, 6.45) is 1.33. The molecule has 0 bridgehead atoms. The van der Waals surface area contributed by atoms with Gasteiger partial charge in [-0.05, 0) is 54.8 Å². The molecule has 21 heavy (non-hydrogen) atoms. The fraction of sp³-hybridized carbons (Fsp3) is 0.353. The molecule has 112 valence electrons. The fourth-order valence-corrected chi connectivity index (χ4v) is 2.66. The monoisotopic (exact) mass is 349 g/mol. The van der Waals surface area contributed by atoms with Crippen LogP contribution in [0.4, 0.5) is 0 Å². The molecule has 4 heteroatoms. The Morgan fingerprint density at radius 3 is 2.57 bits per heavy atom. The number of fused-ring (bicyclic) bond motifs is 1. The van der Waals surface area contributed by atoms with Crippen LogP contribution in [0.15, 0.2) is 40.9 Å². The largest absolute Gasteiger partial charge is 0.396 e. The molecule has 0 heterocycles. The molecule has 0 aliphatic heterocycles. The summed E-state index contributed by atoms with van der Waals surface area (Å²) < 4.78 is 1.02. The average molecular weight is 350 g/mol. The number of aliphatic hydroxyl groups is 1. The average Bonchev–Trinajstić information content (AvgIpc) is 2.46. The van der Waals surface area contributed by atoms with Crippen molar-refractivity contribution in [3.63, 3.8) is 0 Å². The van der Waals surface area contributed by atoms with Crippen LogP contribution < -0.4 is 5.32 Å². The second-order valence-electron chi connectivity index (χ2n) is 5.55. The van der Waals surface area contributed by atoms with E-state index in [9.17, 15) is 4.79 Å².